The highest BCUT2D eigenvalue weighted by atomic mass is 32.2. The van der Waals surface area contributed by atoms with E-state index in [1.54, 1.807) is 19.0 Å². The number of carbonyl (C=O) groups is 2. The largest absolute Gasteiger partial charge is 0.348 e. The summed E-state index contributed by atoms with van der Waals surface area (Å²) in [5, 5.41) is 0. The van der Waals surface area contributed by atoms with Crippen LogP contribution in [0.25, 0.3) is 0 Å². The van der Waals surface area contributed by atoms with Gasteiger partial charge in [0.05, 0.1) is 37.5 Å². The molecule has 29 heavy (non-hydrogen) atoms. The zero-order chi connectivity index (χ0) is 20.8. The molecule has 0 radical (unpaired) electrons. The van der Waals surface area contributed by atoms with Crippen LogP contribution >= 0.6 is 11.8 Å². The van der Waals surface area contributed by atoms with Crippen molar-refractivity contribution in [2.45, 2.75) is 18.4 Å². The molecule has 2 amide bonds. The lowest BCUT2D eigenvalue weighted by Gasteiger charge is -2.33. The highest BCUT2D eigenvalue weighted by Crippen LogP contribution is 2.24. The number of piperazine rings is 1. The van der Waals surface area contributed by atoms with Gasteiger partial charge in [-0.2, -0.15) is 0 Å². The van der Waals surface area contributed by atoms with E-state index < -0.39 is 0 Å². The third kappa shape index (κ3) is 5.61. The van der Waals surface area contributed by atoms with Crippen molar-refractivity contribution in [3.05, 3.63) is 65.2 Å². The van der Waals surface area contributed by atoms with Gasteiger partial charge in [-0.3, -0.25) is 9.59 Å². The number of benzene rings is 2. The highest BCUT2D eigenvalue weighted by molar-refractivity contribution is 8.00. The second-order valence-corrected chi connectivity index (χ2v) is 8.74. The van der Waals surface area contributed by atoms with Crippen molar-refractivity contribution in [1.29, 1.82) is 0 Å². The molecular formula is C23H30N3O2S+. The number of aryl methyl sites for hydroxylation is 1. The summed E-state index contributed by atoms with van der Waals surface area (Å²) in [5.74, 6) is 0.456. The second-order valence-electron chi connectivity index (χ2n) is 7.72. The molecule has 1 N–H and O–H groups in total. The van der Waals surface area contributed by atoms with E-state index in [1.165, 1.54) is 27.8 Å². The molecule has 0 aromatic heterocycles. The van der Waals surface area contributed by atoms with E-state index in [1.807, 2.05) is 29.2 Å². The Morgan fingerprint density at radius 3 is 2.38 bits per heavy atom. The Morgan fingerprint density at radius 1 is 1.03 bits per heavy atom. The Morgan fingerprint density at radius 2 is 1.69 bits per heavy atom. The normalized spacial score (nSPS) is 14.7. The fraction of sp³-hybridized carbons (Fsp3) is 0.391. The Kier molecular flexibility index (Phi) is 7.34. The molecule has 2 aromatic carbocycles. The smallest absolute Gasteiger partial charge is 0.255 e. The summed E-state index contributed by atoms with van der Waals surface area (Å²) in [6, 6.07) is 16.1. The van der Waals surface area contributed by atoms with Crippen LogP contribution < -0.4 is 4.90 Å². The number of nitrogens with one attached hydrogen (secondary N) is 1. The molecule has 0 aliphatic carbocycles. The Hall–Kier alpha value is -2.31. The van der Waals surface area contributed by atoms with E-state index in [0.29, 0.717) is 11.3 Å². The molecule has 5 nitrogen and oxygen atoms in total. The molecule has 6 heteroatoms. The van der Waals surface area contributed by atoms with Gasteiger partial charge in [0.2, 0.25) is 5.91 Å². The van der Waals surface area contributed by atoms with Crippen LogP contribution in [0.3, 0.4) is 0 Å². The van der Waals surface area contributed by atoms with Crippen LogP contribution in [-0.2, 0) is 11.3 Å². The third-order valence-corrected chi connectivity index (χ3v) is 6.49. The topological polar surface area (TPSA) is 45.1 Å². The van der Waals surface area contributed by atoms with E-state index in [-0.39, 0.29) is 11.8 Å². The number of hydrogen-bond acceptors (Lipinski definition) is 3. The van der Waals surface area contributed by atoms with Gasteiger partial charge in [0.1, 0.15) is 6.54 Å². The monoisotopic (exact) mass is 412 g/mol. The summed E-state index contributed by atoms with van der Waals surface area (Å²) in [6.45, 7) is 6.59. The fourth-order valence-corrected chi connectivity index (χ4v) is 4.51. The minimum atomic E-state index is 0.0469. The minimum absolute atomic E-state index is 0.0469. The van der Waals surface area contributed by atoms with E-state index in [9.17, 15) is 9.59 Å². The molecule has 0 saturated carbocycles. The number of rotatable bonds is 6. The lowest BCUT2D eigenvalue weighted by atomic mass is 10.1. The molecule has 1 aliphatic rings. The molecule has 0 bridgehead atoms. The molecule has 0 atom stereocenters. The highest BCUT2D eigenvalue weighted by Gasteiger charge is 2.26. The zero-order valence-corrected chi connectivity index (χ0v) is 18.3. The minimum Gasteiger partial charge on any atom is -0.348 e. The van der Waals surface area contributed by atoms with Gasteiger partial charge < -0.3 is 14.7 Å². The molecule has 1 saturated heterocycles. The Labute approximate surface area is 177 Å². The maximum Gasteiger partial charge on any atom is 0.255 e. The van der Waals surface area contributed by atoms with Gasteiger partial charge in [-0.1, -0.05) is 36.4 Å². The SMILES string of the molecule is Cc1ccccc1C[NH+]1CCN(C(=O)c2ccccc2SCC(=O)N(C)C)CC1. The number of carbonyl (C=O) groups excluding carboxylic acids is 2. The lowest BCUT2D eigenvalue weighted by molar-refractivity contribution is -0.917. The molecule has 3 rings (SSSR count). The summed E-state index contributed by atoms with van der Waals surface area (Å²) in [7, 11) is 3.50. The van der Waals surface area contributed by atoms with Crippen molar-refractivity contribution < 1.29 is 14.5 Å². The standard InChI is InChI=1S/C23H29N3O2S/c1-18-8-4-5-9-19(18)16-25-12-14-26(15-13-25)23(28)20-10-6-7-11-21(20)29-17-22(27)24(2)3/h4-11H,12-17H2,1-3H3/p+1. The number of quaternary nitrogens is 1. The van der Waals surface area contributed by atoms with E-state index in [4.69, 9.17) is 0 Å². The van der Waals surface area contributed by atoms with Crippen LogP contribution in [0, 0.1) is 6.92 Å². The first-order valence-electron chi connectivity index (χ1n) is 10.0. The van der Waals surface area contributed by atoms with Crippen molar-refractivity contribution in [1.82, 2.24) is 9.80 Å². The van der Waals surface area contributed by atoms with Crippen molar-refractivity contribution in [2.24, 2.45) is 0 Å². The fourth-order valence-electron chi connectivity index (χ4n) is 3.49. The van der Waals surface area contributed by atoms with E-state index in [0.717, 1.165) is 37.6 Å². The van der Waals surface area contributed by atoms with Gasteiger partial charge in [-0.15, -0.1) is 11.8 Å². The lowest BCUT2D eigenvalue weighted by Crippen LogP contribution is -3.13. The summed E-state index contributed by atoms with van der Waals surface area (Å²) < 4.78 is 0. The van der Waals surface area contributed by atoms with E-state index >= 15 is 0 Å². The first kappa shape index (κ1) is 21.4. The van der Waals surface area contributed by atoms with Crippen LogP contribution in [0.5, 0.6) is 0 Å². The summed E-state index contributed by atoms with van der Waals surface area (Å²) in [6.07, 6.45) is 0. The van der Waals surface area contributed by atoms with Crippen LogP contribution in [0.2, 0.25) is 0 Å². The molecule has 1 aliphatic heterocycles. The summed E-state index contributed by atoms with van der Waals surface area (Å²) >= 11 is 1.44. The molecule has 2 aromatic rings. The molecule has 154 valence electrons. The number of amides is 2. The maximum absolute atomic E-state index is 13.1. The summed E-state index contributed by atoms with van der Waals surface area (Å²) in [5.41, 5.74) is 3.41. The van der Waals surface area contributed by atoms with Gasteiger partial charge in [-0.05, 0) is 24.6 Å². The molecule has 0 unspecified atom stereocenters. The average molecular weight is 413 g/mol. The Balaban J connectivity index is 1.59. The third-order valence-electron chi connectivity index (χ3n) is 5.43. The first-order valence-corrected chi connectivity index (χ1v) is 11.0. The zero-order valence-electron chi connectivity index (χ0n) is 17.5. The first-order chi connectivity index (χ1) is 14.0. The van der Waals surface area contributed by atoms with Crippen molar-refractivity contribution in [2.75, 3.05) is 46.0 Å². The van der Waals surface area contributed by atoms with E-state index in [2.05, 4.69) is 31.2 Å². The van der Waals surface area contributed by atoms with Crippen LogP contribution in [0.1, 0.15) is 21.5 Å². The average Bonchev–Trinajstić information content (AvgIpc) is 2.74. The van der Waals surface area contributed by atoms with Crippen molar-refractivity contribution in [3.63, 3.8) is 0 Å². The Bertz CT molecular complexity index is 861. The van der Waals surface area contributed by atoms with Crippen LogP contribution in [0.4, 0.5) is 0 Å². The molecule has 1 heterocycles. The van der Waals surface area contributed by atoms with Gasteiger partial charge >= 0.3 is 0 Å². The summed E-state index contributed by atoms with van der Waals surface area (Å²) in [4.78, 5) is 31.0. The van der Waals surface area contributed by atoms with Gasteiger partial charge in [-0.25, -0.2) is 0 Å². The second kappa shape index (κ2) is 9.94. The van der Waals surface area contributed by atoms with Crippen LogP contribution in [0.15, 0.2) is 53.4 Å². The van der Waals surface area contributed by atoms with Gasteiger partial charge in [0.25, 0.3) is 5.91 Å². The predicted molar refractivity (Wildman–Crippen MR) is 117 cm³/mol. The number of thioether (sulfide) groups is 1. The van der Waals surface area contributed by atoms with Crippen LogP contribution in [-0.4, -0.2) is 67.6 Å². The van der Waals surface area contributed by atoms with Gasteiger partial charge in [0.15, 0.2) is 0 Å². The number of nitrogens with zero attached hydrogens (tertiary/aromatic N) is 2. The molecular weight excluding hydrogens is 382 g/mol. The molecule has 0 spiro atoms. The van der Waals surface area contributed by atoms with Crippen molar-refractivity contribution >= 4 is 23.6 Å². The van der Waals surface area contributed by atoms with Gasteiger partial charge in [0, 0.05) is 24.6 Å². The maximum atomic E-state index is 13.1. The molecule has 1 fully saturated rings. The predicted octanol–water partition coefficient (Wildman–Crippen LogP) is 1.72. The van der Waals surface area contributed by atoms with Crippen molar-refractivity contribution in [3.8, 4) is 0 Å². The number of hydrogen-bond donors (Lipinski definition) is 1. The quantitative estimate of drug-likeness (QED) is 0.735.